The average molecular weight is 384 g/mol. The third kappa shape index (κ3) is 3.59. The molecule has 0 unspecified atom stereocenters. The third-order valence-corrected chi connectivity index (χ3v) is 4.76. The molecule has 0 fully saturated rings. The fraction of sp³-hybridized carbons (Fsp3) is 0.300. The van der Waals surface area contributed by atoms with E-state index in [1.54, 1.807) is 6.20 Å². The number of nitrogen functional groups attached to an aromatic ring is 1. The molecular weight excluding hydrogens is 354 g/mol. The van der Waals surface area contributed by atoms with Crippen molar-refractivity contribution in [2.45, 2.75) is 6.42 Å². The van der Waals surface area contributed by atoms with Gasteiger partial charge in [0.1, 0.15) is 5.69 Å². The minimum absolute atomic E-state index is 0. The number of rotatable bonds is 4. The first-order valence-electron chi connectivity index (χ1n) is 9.21. The molecule has 3 aromatic rings. The van der Waals surface area contributed by atoms with Gasteiger partial charge in [0.25, 0.3) is 0 Å². The van der Waals surface area contributed by atoms with Crippen molar-refractivity contribution in [2.75, 3.05) is 39.5 Å². The summed E-state index contributed by atoms with van der Waals surface area (Å²) >= 11 is 0. The Morgan fingerprint density at radius 2 is 2.14 bits per heavy atom. The molecule has 2 aromatic heterocycles. The van der Waals surface area contributed by atoms with Crippen LogP contribution in [0, 0.1) is 0 Å². The number of para-hydroxylation sites is 2. The van der Waals surface area contributed by atoms with Gasteiger partial charge in [-0.1, -0.05) is 18.2 Å². The van der Waals surface area contributed by atoms with Crippen molar-refractivity contribution in [3.05, 3.63) is 42.2 Å². The molecule has 4 rings (SSSR count). The Labute approximate surface area is 167 Å². The molecule has 28 heavy (non-hydrogen) atoms. The largest absolute Gasteiger partial charge is 0.382 e. The summed E-state index contributed by atoms with van der Waals surface area (Å²) in [5.41, 5.74) is 10.2. The molecule has 0 atom stereocenters. The number of hydrogen-bond acceptors (Lipinski definition) is 6. The first kappa shape index (κ1) is 18.1. The Kier molecular flexibility index (Phi) is 4.79. The van der Waals surface area contributed by atoms with Crippen molar-refractivity contribution in [2.24, 2.45) is 0 Å². The highest BCUT2D eigenvalue weighted by Gasteiger charge is 2.20. The number of amides is 1. The second kappa shape index (κ2) is 7.40. The second-order valence-electron chi connectivity index (χ2n) is 7.15. The number of nitrogens with two attached hydrogens (primary N) is 1. The van der Waals surface area contributed by atoms with E-state index in [4.69, 9.17) is 10.7 Å². The summed E-state index contributed by atoms with van der Waals surface area (Å²) in [6.07, 6.45) is 4.46. The van der Waals surface area contributed by atoms with Gasteiger partial charge in [0, 0.05) is 17.4 Å². The predicted octanol–water partition coefficient (Wildman–Crippen LogP) is 2.52. The van der Waals surface area contributed by atoms with Crippen LogP contribution in [-0.4, -0.2) is 69.4 Å². The minimum Gasteiger partial charge on any atom is -0.382 e. The highest BCUT2D eigenvalue weighted by Crippen LogP contribution is 2.26. The van der Waals surface area contributed by atoms with Crippen molar-refractivity contribution in [3.63, 3.8) is 0 Å². The monoisotopic (exact) mass is 383 g/mol. The van der Waals surface area contributed by atoms with Gasteiger partial charge in [-0.2, -0.15) is 0 Å². The van der Waals surface area contributed by atoms with Crippen LogP contribution in [-0.2, 0) is 4.79 Å². The number of carbonyl (C=O) groups is 1. The number of aromatic nitrogens is 4. The van der Waals surface area contributed by atoms with Gasteiger partial charge in [0.05, 0.1) is 29.5 Å². The maximum atomic E-state index is 12.2. The first-order valence-corrected chi connectivity index (χ1v) is 9.21. The van der Waals surface area contributed by atoms with E-state index in [-0.39, 0.29) is 10.2 Å². The summed E-state index contributed by atoms with van der Waals surface area (Å²) in [6.45, 7) is 1.67. The number of likely N-dealkylation sites (N-methyl/N-ethyl adjacent to an activating group) is 1. The molecule has 150 valence electrons. The van der Waals surface area contributed by atoms with E-state index in [0.717, 1.165) is 28.7 Å². The number of imidazole rings is 1. The van der Waals surface area contributed by atoms with Crippen molar-refractivity contribution >= 4 is 28.3 Å². The van der Waals surface area contributed by atoms with Gasteiger partial charge in [0.2, 0.25) is 5.91 Å². The molecule has 8 heteroatoms. The Morgan fingerprint density at radius 1 is 1.32 bits per heavy atom. The molecule has 1 aliphatic heterocycles. The standard InChI is InChI=1S/C20H23N7O.3H2/c1-26(2)12-17(28)27-9-7-13(8-10-27)16-11-22-19(21)18(23-16)20-24-14-5-3-4-6-15(14)25-20;;;/h3-7,11H,8-10,12H2,1-2H3,(H2,21,22)(H,24,25);3*1H. The number of carbonyl (C=O) groups excluding carboxylic acids is 1. The zero-order valence-electron chi connectivity index (χ0n) is 16.0. The van der Waals surface area contributed by atoms with Gasteiger partial charge in [-0.05, 0) is 38.2 Å². The summed E-state index contributed by atoms with van der Waals surface area (Å²) in [5.74, 6) is 1.07. The zero-order valence-corrected chi connectivity index (χ0v) is 16.0. The molecule has 8 nitrogen and oxygen atoms in total. The molecule has 0 saturated heterocycles. The lowest BCUT2D eigenvalue weighted by molar-refractivity contribution is -0.131. The van der Waals surface area contributed by atoms with Crippen LogP contribution in [0.2, 0.25) is 0 Å². The Balaban J connectivity index is 0.00000160. The Bertz CT molecular complexity index is 1030. The van der Waals surface area contributed by atoms with Crippen LogP contribution < -0.4 is 5.73 Å². The highest BCUT2D eigenvalue weighted by molar-refractivity contribution is 5.81. The van der Waals surface area contributed by atoms with E-state index in [1.165, 1.54) is 0 Å². The van der Waals surface area contributed by atoms with E-state index in [9.17, 15) is 4.79 Å². The summed E-state index contributed by atoms with van der Waals surface area (Å²) in [6, 6.07) is 7.79. The molecule has 0 bridgehead atoms. The number of aromatic amines is 1. The van der Waals surface area contributed by atoms with Crippen molar-refractivity contribution < 1.29 is 9.07 Å². The van der Waals surface area contributed by atoms with E-state index in [2.05, 4.69) is 15.0 Å². The lowest BCUT2D eigenvalue weighted by atomic mass is 10.0. The number of H-pyrrole nitrogens is 1. The van der Waals surface area contributed by atoms with E-state index in [1.807, 2.05) is 54.2 Å². The zero-order chi connectivity index (χ0) is 19.7. The van der Waals surface area contributed by atoms with Crippen LogP contribution in [0.25, 0.3) is 28.1 Å². The number of hydrogen-bond donors (Lipinski definition) is 2. The Hall–Kier alpha value is -3.26. The number of nitrogens with one attached hydrogen (secondary N) is 1. The molecule has 0 radical (unpaired) electrons. The molecule has 3 heterocycles. The molecule has 0 aliphatic carbocycles. The van der Waals surface area contributed by atoms with Crippen LogP contribution >= 0.6 is 0 Å². The summed E-state index contributed by atoms with van der Waals surface area (Å²) in [5, 5.41) is 0. The molecule has 3 N–H and O–H groups in total. The minimum atomic E-state index is 0. The summed E-state index contributed by atoms with van der Waals surface area (Å²) in [7, 11) is 3.79. The topological polar surface area (TPSA) is 104 Å². The molecule has 1 aromatic carbocycles. The molecule has 0 saturated carbocycles. The Morgan fingerprint density at radius 3 is 2.86 bits per heavy atom. The van der Waals surface area contributed by atoms with Crippen molar-refractivity contribution in [1.29, 1.82) is 0 Å². The van der Waals surface area contributed by atoms with E-state index < -0.39 is 0 Å². The van der Waals surface area contributed by atoms with Crippen LogP contribution in [0.15, 0.2) is 36.5 Å². The number of nitrogens with zero attached hydrogens (tertiary/aromatic N) is 5. The van der Waals surface area contributed by atoms with E-state index >= 15 is 0 Å². The quantitative estimate of drug-likeness (QED) is 0.717. The molecule has 1 aliphatic rings. The van der Waals surface area contributed by atoms with Gasteiger partial charge >= 0.3 is 0 Å². The maximum absolute atomic E-state index is 12.2. The summed E-state index contributed by atoms with van der Waals surface area (Å²) < 4.78 is 0. The van der Waals surface area contributed by atoms with Crippen LogP contribution in [0.1, 0.15) is 16.4 Å². The fourth-order valence-corrected chi connectivity index (χ4v) is 3.29. The van der Waals surface area contributed by atoms with Gasteiger partial charge in [-0.3, -0.25) is 4.79 Å². The fourth-order valence-electron chi connectivity index (χ4n) is 3.29. The van der Waals surface area contributed by atoms with Crippen LogP contribution in [0.4, 0.5) is 5.82 Å². The van der Waals surface area contributed by atoms with Crippen LogP contribution in [0.5, 0.6) is 0 Å². The number of anilines is 1. The van der Waals surface area contributed by atoms with Crippen molar-refractivity contribution in [1.82, 2.24) is 29.7 Å². The van der Waals surface area contributed by atoms with Gasteiger partial charge < -0.3 is 20.5 Å². The average Bonchev–Trinajstić information content (AvgIpc) is 3.12. The molecule has 1 amide bonds. The predicted molar refractivity (Wildman–Crippen MR) is 116 cm³/mol. The number of fused-ring (bicyclic) bond motifs is 1. The molecule has 0 spiro atoms. The molecular formula is C20H29N7O. The number of benzene rings is 1. The smallest absolute Gasteiger partial charge is 0.237 e. The maximum Gasteiger partial charge on any atom is 0.237 e. The van der Waals surface area contributed by atoms with Gasteiger partial charge in [-0.15, -0.1) is 0 Å². The highest BCUT2D eigenvalue weighted by atomic mass is 16.2. The summed E-state index contributed by atoms with van der Waals surface area (Å²) in [4.78, 5) is 32.8. The van der Waals surface area contributed by atoms with E-state index in [0.29, 0.717) is 37.0 Å². The van der Waals surface area contributed by atoms with Crippen molar-refractivity contribution in [3.8, 4) is 11.5 Å². The van der Waals surface area contributed by atoms with Crippen LogP contribution in [0.3, 0.4) is 0 Å². The lowest BCUT2D eigenvalue weighted by Gasteiger charge is -2.27. The van der Waals surface area contributed by atoms with Gasteiger partial charge in [-0.25, -0.2) is 15.0 Å². The lowest BCUT2D eigenvalue weighted by Crippen LogP contribution is -2.40. The SMILES string of the molecule is CN(C)CC(=O)N1CC=C(c2cnc(N)c(-c3nc4ccccc4[nH]3)n2)CC1.[HH].[HH].[HH]. The second-order valence-corrected chi connectivity index (χ2v) is 7.15. The first-order chi connectivity index (χ1) is 13.5. The van der Waals surface area contributed by atoms with Gasteiger partial charge in [0.15, 0.2) is 11.6 Å². The third-order valence-electron chi connectivity index (χ3n) is 4.76. The normalized spacial score (nSPS) is 14.5.